The topological polar surface area (TPSA) is 47.6 Å². The summed E-state index contributed by atoms with van der Waals surface area (Å²) in [5, 5.41) is 3.22. The Bertz CT molecular complexity index is 433. The third-order valence-electron chi connectivity index (χ3n) is 3.46. The van der Waals surface area contributed by atoms with Gasteiger partial charge in [-0.25, -0.2) is 4.79 Å². The molecule has 2 rings (SSSR count). The fourth-order valence-electron chi connectivity index (χ4n) is 2.35. The van der Waals surface area contributed by atoms with Gasteiger partial charge < -0.3 is 14.8 Å². The number of rotatable bonds is 7. The van der Waals surface area contributed by atoms with E-state index in [1.807, 2.05) is 18.2 Å². The molecule has 0 aliphatic carbocycles. The van der Waals surface area contributed by atoms with Crippen molar-refractivity contribution in [3.63, 3.8) is 0 Å². The van der Waals surface area contributed by atoms with Gasteiger partial charge in [-0.1, -0.05) is 37.6 Å². The van der Waals surface area contributed by atoms with Crippen LogP contribution in [0, 0.1) is 0 Å². The van der Waals surface area contributed by atoms with Crippen LogP contribution in [-0.4, -0.2) is 32.3 Å². The molecular formula is C16H23NO3. The Morgan fingerprint density at radius 3 is 3.00 bits per heavy atom. The first kappa shape index (κ1) is 15.0. The predicted octanol–water partition coefficient (Wildman–Crippen LogP) is 2.23. The molecule has 0 amide bonds. The van der Waals surface area contributed by atoms with Gasteiger partial charge in [0.2, 0.25) is 0 Å². The molecule has 0 spiro atoms. The molecule has 110 valence electrons. The molecule has 1 aliphatic rings. The van der Waals surface area contributed by atoms with Gasteiger partial charge in [0.25, 0.3) is 0 Å². The van der Waals surface area contributed by atoms with E-state index in [-0.39, 0.29) is 12.0 Å². The van der Waals surface area contributed by atoms with Crippen LogP contribution in [0.2, 0.25) is 0 Å². The van der Waals surface area contributed by atoms with E-state index in [1.165, 1.54) is 5.56 Å². The molecule has 1 N–H and O–H groups in total. The van der Waals surface area contributed by atoms with E-state index in [2.05, 4.69) is 18.3 Å². The van der Waals surface area contributed by atoms with Crippen molar-refractivity contribution in [2.45, 2.75) is 32.2 Å². The fourth-order valence-corrected chi connectivity index (χ4v) is 2.35. The van der Waals surface area contributed by atoms with Crippen molar-refractivity contribution in [1.82, 2.24) is 5.32 Å². The van der Waals surface area contributed by atoms with Crippen LogP contribution in [0.25, 0.3) is 0 Å². The number of carbonyl (C=O) groups excluding carboxylic acids is 1. The summed E-state index contributed by atoms with van der Waals surface area (Å²) in [6, 6.07) is 7.69. The quantitative estimate of drug-likeness (QED) is 0.613. The van der Waals surface area contributed by atoms with Gasteiger partial charge in [-0.3, -0.25) is 0 Å². The molecule has 0 aromatic heterocycles. The molecule has 4 nitrogen and oxygen atoms in total. The van der Waals surface area contributed by atoms with Crippen molar-refractivity contribution < 1.29 is 14.3 Å². The lowest BCUT2D eigenvalue weighted by atomic mass is 9.94. The van der Waals surface area contributed by atoms with Crippen molar-refractivity contribution in [2.24, 2.45) is 0 Å². The minimum absolute atomic E-state index is 0.212. The second-order valence-electron chi connectivity index (χ2n) is 4.97. The molecule has 0 radical (unpaired) electrons. The van der Waals surface area contributed by atoms with Gasteiger partial charge in [0.1, 0.15) is 12.6 Å². The van der Waals surface area contributed by atoms with E-state index >= 15 is 0 Å². The lowest BCUT2D eigenvalue weighted by Gasteiger charge is -2.25. The maximum atomic E-state index is 12.1. The summed E-state index contributed by atoms with van der Waals surface area (Å²) >= 11 is 0. The molecule has 0 bridgehead atoms. The summed E-state index contributed by atoms with van der Waals surface area (Å²) in [4.78, 5) is 12.1. The molecule has 0 fully saturated rings. The number of fused-ring (bicyclic) bond motifs is 1. The first-order valence-electron chi connectivity index (χ1n) is 7.38. The van der Waals surface area contributed by atoms with E-state index in [0.29, 0.717) is 13.2 Å². The van der Waals surface area contributed by atoms with E-state index in [9.17, 15) is 4.79 Å². The maximum Gasteiger partial charge on any atom is 0.327 e. The van der Waals surface area contributed by atoms with Crippen LogP contribution in [0.3, 0.4) is 0 Å². The molecule has 0 saturated heterocycles. The van der Waals surface area contributed by atoms with Crippen molar-refractivity contribution in [1.29, 1.82) is 0 Å². The molecule has 1 atom stereocenters. The van der Waals surface area contributed by atoms with Gasteiger partial charge in [0.15, 0.2) is 0 Å². The zero-order chi connectivity index (χ0) is 14.2. The van der Waals surface area contributed by atoms with Crippen LogP contribution < -0.4 is 5.32 Å². The number of hydrogen-bond donors (Lipinski definition) is 1. The van der Waals surface area contributed by atoms with E-state index < -0.39 is 0 Å². The van der Waals surface area contributed by atoms with Crippen molar-refractivity contribution in [3.8, 4) is 0 Å². The number of ether oxygens (including phenoxy) is 2. The number of esters is 1. The van der Waals surface area contributed by atoms with Crippen LogP contribution in [0.5, 0.6) is 0 Å². The van der Waals surface area contributed by atoms with E-state index in [1.54, 1.807) is 0 Å². The Morgan fingerprint density at radius 2 is 2.15 bits per heavy atom. The van der Waals surface area contributed by atoms with Gasteiger partial charge in [-0.2, -0.15) is 0 Å². The summed E-state index contributed by atoms with van der Waals surface area (Å²) < 4.78 is 10.7. The average molecular weight is 277 g/mol. The predicted molar refractivity (Wildman–Crippen MR) is 77.6 cm³/mol. The highest BCUT2D eigenvalue weighted by atomic mass is 16.6. The minimum Gasteiger partial charge on any atom is -0.462 e. The first-order chi connectivity index (χ1) is 9.83. The number of nitrogens with one attached hydrogen (secondary N) is 1. The van der Waals surface area contributed by atoms with Crippen LogP contribution in [0.1, 0.15) is 36.9 Å². The molecule has 20 heavy (non-hydrogen) atoms. The van der Waals surface area contributed by atoms with Gasteiger partial charge in [0, 0.05) is 13.2 Å². The Balaban J connectivity index is 1.79. The van der Waals surface area contributed by atoms with Gasteiger partial charge in [0.05, 0.1) is 6.61 Å². The van der Waals surface area contributed by atoms with Gasteiger partial charge in [-0.05, 0) is 24.0 Å². The zero-order valence-electron chi connectivity index (χ0n) is 12.1. The smallest absolute Gasteiger partial charge is 0.327 e. The van der Waals surface area contributed by atoms with Crippen molar-refractivity contribution in [2.75, 3.05) is 26.4 Å². The summed E-state index contributed by atoms with van der Waals surface area (Å²) in [5.41, 5.74) is 2.27. The normalized spacial score (nSPS) is 17.6. The zero-order valence-corrected chi connectivity index (χ0v) is 12.1. The molecule has 1 aromatic carbocycles. The Labute approximate surface area is 120 Å². The highest BCUT2D eigenvalue weighted by Crippen LogP contribution is 2.23. The third kappa shape index (κ3) is 4.05. The van der Waals surface area contributed by atoms with Crippen LogP contribution in [0.15, 0.2) is 24.3 Å². The Morgan fingerprint density at radius 1 is 1.30 bits per heavy atom. The second-order valence-corrected chi connectivity index (χ2v) is 4.97. The maximum absolute atomic E-state index is 12.1. The van der Waals surface area contributed by atoms with Gasteiger partial charge in [-0.15, -0.1) is 0 Å². The molecule has 0 saturated carbocycles. The lowest BCUT2D eigenvalue weighted by Crippen LogP contribution is -2.36. The van der Waals surface area contributed by atoms with Crippen LogP contribution in [-0.2, 0) is 20.7 Å². The van der Waals surface area contributed by atoms with Crippen molar-refractivity contribution in [3.05, 3.63) is 35.4 Å². The number of benzene rings is 1. The van der Waals surface area contributed by atoms with Gasteiger partial charge >= 0.3 is 5.97 Å². The van der Waals surface area contributed by atoms with E-state index in [4.69, 9.17) is 9.47 Å². The number of unbranched alkanes of at least 4 members (excludes halogenated alkanes) is 1. The third-order valence-corrected chi connectivity index (χ3v) is 3.46. The second kappa shape index (κ2) is 8.02. The highest BCUT2D eigenvalue weighted by Gasteiger charge is 2.26. The minimum atomic E-state index is -0.337. The number of carbonyl (C=O) groups is 1. The molecule has 1 unspecified atom stereocenters. The monoisotopic (exact) mass is 277 g/mol. The Hall–Kier alpha value is -1.39. The Kier molecular flexibility index (Phi) is 6.02. The molecule has 4 heteroatoms. The lowest BCUT2D eigenvalue weighted by molar-refractivity contribution is -0.148. The molecule has 1 aliphatic heterocycles. The van der Waals surface area contributed by atoms with Crippen molar-refractivity contribution >= 4 is 5.97 Å². The first-order valence-corrected chi connectivity index (χ1v) is 7.38. The fraction of sp³-hybridized carbons (Fsp3) is 0.562. The number of hydrogen-bond acceptors (Lipinski definition) is 4. The van der Waals surface area contributed by atoms with Crippen LogP contribution >= 0.6 is 0 Å². The summed E-state index contributed by atoms with van der Waals surface area (Å²) in [6.45, 7) is 4.46. The standard InChI is InChI=1S/C16H23NO3/c1-2-3-10-19-11-12-20-16(18)15-14-7-5-4-6-13(14)8-9-17-15/h4-7,15,17H,2-3,8-12H2,1H3. The molecule has 1 heterocycles. The van der Waals surface area contributed by atoms with E-state index in [0.717, 1.165) is 38.0 Å². The largest absolute Gasteiger partial charge is 0.462 e. The summed E-state index contributed by atoms with van der Waals surface area (Å²) in [7, 11) is 0. The average Bonchev–Trinajstić information content (AvgIpc) is 2.50. The summed E-state index contributed by atoms with van der Waals surface area (Å²) in [5.74, 6) is -0.212. The molecular weight excluding hydrogens is 254 g/mol. The molecule has 1 aromatic rings. The van der Waals surface area contributed by atoms with Crippen LogP contribution in [0.4, 0.5) is 0 Å². The summed E-state index contributed by atoms with van der Waals surface area (Å²) in [6.07, 6.45) is 3.12. The highest BCUT2D eigenvalue weighted by molar-refractivity contribution is 5.78. The SMILES string of the molecule is CCCCOCCOC(=O)C1NCCc2ccccc21.